The molecule has 2 heterocycles. The first-order chi connectivity index (χ1) is 6.67. The molecule has 0 radical (unpaired) electrons. The molecule has 3 heteroatoms. The fourth-order valence-electron chi connectivity index (χ4n) is 2.43. The average Bonchev–Trinajstić information content (AvgIpc) is 2.73. The quantitative estimate of drug-likeness (QED) is 0.772. The summed E-state index contributed by atoms with van der Waals surface area (Å²) >= 11 is 0. The molecule has 0 aromatic carbocycles. The zero-order chi connectivity index (χ0) is 10.2. The molecule has 0 aliphatic carbocycles. The minimum absolute atomic E-state index is 0.397. The molecule has 0 saturated carbocycles. The van der Waals surface area contributed by atoms with Gasteiger partial charge < -0.3 is 5.32 Å². The summed E-state index contributed by atoms with van der Waals surface area (Å²) in [4.78, 5) is 0. The molecule has 1 fully saturated rings. The van der Waals surface area contributed by atoms with E-state index in [0.29, 0.717) is 11.3 Å². The molecule has 14 heavy (non-hydrogen) atoms. The maximum absolute atomic E-state index is 4.25. The predicted octanol–water partition coefficient (Wildman–Crippen LogP) is 1.52. The monoisotopic (exact) mass is 193 g/mol. The smallest absolute Gasteiger partial charge is 0.0492 e. The lowest BCUT2D eigenvalue weighted by atomic mass is 9.76. The summed E-state index contributed by atoms with van der Waals surface area (Å²) < 4.78 is 2.01. The van der Waals surface area contributed by atoms with Crippen molar-refractivity contribution in [1.82, 2.24) is 15.1 Å². The Balaban J connectivity index is 2.31. The molecule has 1 saturated heterocycles. The third-order valence-electron chi connectivity index (χ3n) is 3.74. The van der Waals surface area contributed by atoms with E-state index in [1.807, 2.05) is 17.9 Å². The van der Waals surface area contributed by atoms with Crippen LogP contribution < -0.4 is 5.32 Å². The molecular formula is C11H19N3. The van der Waals surface area contributed by atoms with Crippen molar-refractivity contribution in [3.63, 3.8) is 0 Å². The fourth-order valence-corrected chi connectivity index (χ4v) is 2.43. The average molecular weight is 193 g/mol. The van der Waals surface area contributed by atoms with Crippen LogP contribution >= 0.6 is 0 Å². The van der Waals surface area contributed by atoms with Crippen LogP contribution in [0.25, 0.3) is 0 Å². The van der Waals surface area contributed by atoms with Gasteiger partial charge in [0.15, 0.2) is 0 Å². The van der Waals surface area contributed by atoms with Crippen LogP contribution in [0.4, 0.5) is 0 Å². The van der Waals surface area contributed by atoms with Crippen molar-refractivity contribution >= 4 is 0 Å². The van der Waals surface area contributed by atoms with Crippen molar-refractivity contribution in [2.75, 3.05) is 13.1 Å². The van der Waals surface area contributed by atoms with Crippen LogP contribution in [0.1, 0.15) is 31.9 Å². The van der Waals surface area contributed by atoms with E-state index in [1.165, 1.54) is 12.1 Å². The molecule has 1 aliphatic heterocycles. The standard InChI is InChI=1S/C11H19N3/c1-4-11(2)8-12-7-9(11)10-5-6-13-14(10)3/h5-6,9,12H,4,7-8H2,1-3H3. The molecule has 2 rings (SSSR count). The highest BCUT2D eigenvalue weighted by Gasteiger charge is 2.39. The molecule has 2 unspecified atom stereocenters. The predicted molar refractivity (Wildman–Crippen MR) is 57.2 cm³/mol. The zero-order valence-electron chi connectivity index (χ0n) is 9.25. The van der Waals surface area contributed by atoms with Crippen LogP contribution in [0, 0.1) is 5.41 Å². The second-order valence-electron chi connectivity index (χ2n) is 4.57. The van der Waals surface area contributed by atoms with Crippen LogP contribution in [0.15, 0.2) is 12.3 Å². The minimum Gasteiger partial charge on any atom is -0.315 e. The summed E-state index contributed by atoms with van der Waals surface area (Å²) in [5.41, 5.74) is 1.76. The van der Waals surface area contributed by atoms with E-state index in [0.717, 1.165) is 13.1 Å². The van der Waals surface area contributed by atoms with Gasteiger partial charge in [-0.05, 0) is 17.9 Å². The molecule has 3 nitrogen and oxygen atoms in total. The largest absolute Gasteiger partial charge is 0.315 e. The number of hydrogen-bond acceptors (Lipinski definition) is 2. The third kappa shape index (κ3) is 1.36. The van der Waals surface area contributed by atoms with Crippen molar-refractivity contribution < 1.29 is 0 Å². The van der Waals surface area contributed by atoms with Gasteiger partial charge in [0.2, 0.25) is 0 Å². The van der Waals surface area contributed by atoms with Crippen LogP contribution in [0.3, 0.4) is 0 Å². The molecule has 1 aromatic heterocycles. The van der Waals surface area contributed by atoms with Crippen LogP contribution in [-0.2, 0) is 7.05 Å². The van der Waals surface area contributed by atoms with Crippen molar-refractivity contribution in [1.29, 1.82) is 0 Å². The summed E-state index contributed by atoms with van der Waals surface area (Å²) in [6.07, 6.45) is 3.11. The van der Waals surface area contributed by atoms with Gasteiger partial charge >= 0.3 is 0 Å². The van der Waals surface area contributed by atoms with Gasteiger partial charge in [-0.15, -0.1) is 0 Å². The number of hydrogen-bond donors (Lipinski definition) is 1. The van der Waals surface area contributed by atoms with E-state index in [9.17, 15) is 0 Å². The Morgan fingerprint density at radius 1 is 1.71 bits per heavy atom. The first-order valence-corrected chi connectivity index (χ1v) is 5.36. The lowest BCUT2D eigenvalue weighted by molar-refractivity contribution is 0.299. The first-order valence-electron chi connectivity index (χ1n) is 5.36. The molecule has 78 valence electrons. The Hall–Kier alpha value is -0.830. The van der Waals surface area contributed by atoms with Crippen LogP contribution in [-0.4, -0.2) is 22.9 Å². The maximum atomic E-state index is 4.25. The number of aryl methyl sites for hydroxylation is 1. The summed E-state index contributed by atoms with van der Waals surface area (Å²) in [7, 11) is 2.03. The van der Waals surface area contributed by atoms with E-state index in [-0.39, 0.29) is 0 Å². The van der Waals surface area contributed by atoms with Gasteiger partial charge in [0, 0.05) is 37.9 Å². The lowest BCUT2D eigenvalue weighted by Crippen LogP contribution is -2.25. The molecular weight excluding hydrogens is 174 g/mol. The molecule has 1 aliphatic rings. The van der Waals surface area contributed by atoms with Gasteiger partial charge in [-0.25, -0.2) is 0 Å². The highest BCUT2D eigenvalue weighted by atomic mass is 15.3. The summed E-state index contributed by atoms with van der Waals surface area (Å²) in [6.45, 7) is 6.85. The summed E-state index contributed by atoms with van der Waals surface area (Å²) in [5.74, 6) is 0.611. The topological polar surface area (TPSA) is 29.9 Å². The van der Waals surface area contributed by atoms with E-state index in [2.05, 4.69) is 30.3 Å². The van der Waals surface area contributed by atoms with Crippen LogP contribution in [0.2, 0.25) is 0 Å². The van der Waals surface area contributed by atoms with Gasteiger partial charge in [0.05, 0.1) is 0 Å². The molecule has 0 spiro atoms. The molecule has 2 atom stereocenters. The second kappa shape index (κ2) is 3.39. The first kappa shape index (κ1) is 9.71. The van der Waals surface area contributed by atoms with Gasteiger partial charge in [0.1, 0.15) is 0 Å². The number of aromatic nitrogens is 2. The SMILES string of the molecule is CCC1(C)CNCC1c1ccnn1C. The minimum atomic E-state index is 0.397. The highest BCUT2D eigenvalue weighted by molar-refractivity contribution is 5.15. The van der Waals surface area contributed by atoms with Gasteiger partial charge in [-0.2, -0.15) is 5.10 Å². The van der Waals surface area contributed by atoms with Crippen molar-refractivity contribution in [2.24, 2.45) is 12.5 Å². The van der Waals surface area contributed by atoms with E-state index in [1.54, 1.807) is 0 Å². The van der Waals surface area contributed by atoms with Crippen molar-refractivity contribution in [3.05, 3.63) is 18.0 Å². The van der Waals surface area contributed by atoms with Gasteiger partial charge in [0.25, 0.3) is 0 Å². The van der Waals surface area contributed by atoms with Crippen LogP contribution in [0.5, 0.6) is 0 Å². The molecule has 0 bridgehead atoms. The van der Waals surface area contributed by atoms with Crippen molar-refractivity contribution in [3.8, 4) is 0 Å². The number of nitrogens with one attached hydrogen (secondary N) is 1. The Kier molecular flexibility index (Phi) is 2.35. The zero-order valence-corrected chi connectivity index (χ0v) is 9.25. The number of nitrogens with zero attached hydrogens (tertiary/aromatic N) is 2. The van der Waals surface area contributed by atoms with E-state index >= 15 is 0 Å². The second-order valence-corrected chi connectivity index (χ2v) is 4.57. The fraction of sp³-hybridized carbons (Fsp3) is 0.727. The number of rotatable bonds is 2. The molecule has 0 amide bonds. The third-order valence-corrected chi connectivity index (χ3v) is 3.74. The Morgan fingerprint density at radius 2 is 2.50 bits per heavy atom. The Bertz CT molecular complexity index is 318. The normalized spacial score (nSPS) is 32.4. The lowest BCUT2D eigenvalue weighted by Gasteiger charge is -2.29. The van der Waals surface area contributed by atoms with Crippen molar-refractivity contribution in [2.45, 2.75) is 26.2 Å². The summed E-state index contributed by atoms with van der Waals surface area (Å²) in [5, 5.41) is 7.74. The Morgan fingerprint density at radius 3 is 3.07 bits per heavy atom. The van der Waals surface area contributed by atoms with Gasteiger partial charge in [-0.3, -0.25) is 4.68 Å². The molecule has 1 N–H and O–H groups in total. The van der Waals surface area contributed by atoms with Gasteiger partial charge in [-0.1, -0.05) is 13.8 Å². The Labute approximate surface area is 85.5 Å². The molecule has 1 aromatic rings. The summed E-state index contributed by atoms with van der Waals surface area (Å²) in [6, 6.07) is 2.14. The highest BCUT2D eigenvalue weighted by Crippen LogP contribution is 2.40. The van der Waals surface area contributed by atoms with E-state index < -0.39 is 0 Å². The maximum Gasteiger partial charge on any atom is 0.0492 e. The van der Waals surface area contributed by atoms with E-state index in [4.69, 9.17) is 0 Å².